The number of rotatable bonds is 4. The van der Waals surface area contributed by atoms with Crippen LogP contribution in [0.3, 0.4) is 0 Å². The molecule has 0 fully saturated rings. The third-order valence-corrected chi connectivity index (χ3v) is 2.66. The van der Waals surface area contributed by atoms with Crippen molar-refractivity contribution in [3.05, 3.63) is 23.2 Å². The van der Waals surface area contributed by atoms with Crippen molar-refractivity contribution in [2.45, 2.75) is 20.0 Å². The summed E-state index contributed by atoms with van der Waals surface area (Å²) in [5.41, 5.74) is 7.32. The van der Waals surface area contributed by atoms with Gasteiger partial charge in [-0.3, -0.25) is 0 Å². The molecule has 90 valence electrons. The highest BCUT2D eigenvalue weighted by atomic mass is 32.1. The van der Waals surface area contributed by atoms with Crippen LogP contribution in [0.1, 0.15) is 13.8 Å². The molecule has 0 amide bonds. The summed E-state index contributed by atoms with van der Waals surface area (Å²) in [5.74, 6) is 0.974. The van der Waals surface area contributed by atoms with Crippen LogP contribution in [0.25, 0.3) is 0 Å². The van der Waals surface area contributed by atoms with Crippen LogP contribution in [0.4, 0.5) is 17.2 Å². The van der Waals surface area contributed by atoms with Crippen LogP contribution < -0.4 is 15.8 Å². The Hall–Kier alpha value is -1.82. The highest BCUT2D eigenvalue weighted by molar-refractivity contribution is 7.08. The fourth-order valence-corrected chi connectivity index (χ4v) is 1.86. The van der Waals surface area contributed by atoms with E-state index in [9.17, 15) is 0 Å². The molecule has 0 radical (unpaired) electrons. The molecule has 2 heterocycles. The molecule has 0 spiro atoms. The Kier molecular flexibility index (Phi) is 3.43. The standard InChI is InChI=1S/C11H14N4OS/c1-7(2)16-11-9(12)10(13-6-14-11)15-8-3-4-17-5-8/h3-7H,12H2,1-2H3,(H,13,14,15). The van der Waals surface area contributed by atoms with Crippen LogP contribution in [0.2, 0.25) is 0 Å². The Labute approximate surface area is 104 Å². The first-order valence-corrected chi connectivity index (χ1v) is 6.17. The second-order valence-electron chi connectivity index (χ2n) is 3.74. The first-order chi connectivity index (χ1) is 8.16. The minimum atomic E-state index is 0.0289. The molecule has 0 saturated heterocycles. The second-order valence-corrected chi connectivity index (χ2v) is 4.52. The minimum Gasteiger partial charge on any atom is -0.473 e. The molecule has 0 aliphatic heterocycles. The molecular weight excluding hydrogens is 236 g/mol. The average molecular weight is 250 g/mol. The molecule has 0 aromatic carbocycles. The van der Waals surface area contributed by atoms with Gasteiger partial charge in [-0.15, -0.1) is 0 Å². The van der Waals surface area contributed by atoms with Crippen LogP contribution in [-0.4, -0.2) is 16.1 Å². The summed E-state index contributed by atoms with van der Waals surface area (Å²) in [6.45, 7) is 3.85. The maximum atomic E-state index is 5.94. The smallest absolute Gasteiger partial charge is 0.242 e. The first kappa shape index (κ1) is 11.7. The van der Waals surface area contributed by atoms with Crippen molar-refractivity contribution in [2.75, 3.05) is 11.1 Å². The summed E-state index contributed by atoms with van der Waals surface area (Å²) in [7, 11) is 0. The molecule has 5 nitrogen and oxygen atoms in total. The van der Waals surface area contributed by atoms with Crippen molar-refractivity contribution in [1.82, 2.24) is 9.97 Å². The highest BCUT2D eigenvalue weighted by Gasteiger charge is 2.10. The molecule has 2 rings (SSSR count). The topological polar surface area (TPSA) is 73.1 Å². The van der Waals surface area contributed by atoms with E-state index in [2.05, 4.69) is 15.3 Å². The van der Waals surface area contributed by atoms with Crippen molar-refractivity contribution >= 4 is 28.5 Å². The third kappa shape index (κ3) is 2.85. The molecule has 0 unspecified atom stereocenters. The van der Waals surface area contributed by atoms with Crippen LogP contribution in [0.15, 0.2) is 23.2 Å². The Morgan fingerprint density at radius 1 is 1.41 bits per heavy atom. The molecule has 0 saturated carbocycles. The van der Waals surface area contributed by atoms with Gasteiger partial charge in [-0.25, -0.2) is 4.98 Å². The zero-order valence-electron chi connectivity index (χ0n) is 9.68. The summed E-state index contributed by atoms with van der Waals surface area (Å²) in [5, 5.41) is 7.07. The van der Waals surface area contributed by atoms with Crippen molar-refractivity contribution in [3.8, 4) is 5.88 Å². The quantitative estimate of drug-likeness (QED) is 0.872. The predicted molar refractivity (Wildman–Crippen MR) is 69.8 cm³/mol. The molecule has 0 aliphatic rings. The van der Waals surface area contributed by atoms with Gasteiger partial charge in [0.25, 0.3) is 0 Å². The Bertz CT molecular complexity index is 484. The second kappa shape index (κ2) is 5.01. The van der Waals surface area contributed by atoms with Gasteiger partial charge in [-0.2, -0.15) is 16.3 Å². The lowest BCUT2D eigenvalue weighted by Crippen LogP contribution is -2.10. The SMILES string of the molecule is CC(C)Oc1ncnc(Nc2ccsc2)c1N. The zero-order valence-corrected chi connectivity index (χ0v) is 10.5. The molecule has 0 atom stereocenters. The molecular formula is C11H14N4OS. The van der Waals surface area contributed by atoms with E-state index in [1.165, 1.54) is 6.33 Å². The minimum absolute atomic E-state index is 0.0289. The fraction of sp³-hybridized carbons (Fsp3) is 0.273. The average Bonchev–Trinajstić information content (AvgIpc) is 2.76. The number of nitrogens with one attached hydrogen (secondary N) is 1. The van der Waals surface area contributed by atoms with Crippen LogP contribution in [-0.2, 0) is 0 Å². The Morgan fingerprint density at radius 3 is 2.88 bits per heavy atom. The van der Waals surface area contributed by atoms with Crippen LogP contribution >= 0.6 is 11.3 Å². The summed E-state index contributed by atoms with van der Waals surface area (Å²) in [4.78, 5) is 8.11. The lowest BCUT2D eigenvalue weighted by Gasteiger charge is -2.13. The van der Waals surface area contributed by atoms with Gasteiger partial charge in [0.1, 0.15) is 12.0 Å². The monoisotopic (exact) mass is 250 g/mol. The van der Waals surface area contributed by atoms with Crippen molar-refractivity contribution in [1.29, 1.82) is 0 Å². The van der Waals surface area contributed by atoms with Crippen molar-refractivity contribution in [3.63, 3.8) is 0 Å². The molecule has 2 aromatic rings. The van der Waals surface area contributed by atoms with Crippen LogP contribution in [0.5, 0.6) is 5.88 Å². The summed E-state index contributed by atoms with van der Waals surface area (Å²) < 4.78 is 5.49. The van der Waals surface area contributed by atoms with Gasteiger partial charge in [0.05, 0.1) is 11.8 Å². The number of nitrogens with zero attached hydrogens (tertiary/aromatic N) is 2. The Morgan fingerprint density at radius 2 is 2.24 bits per heavy atom. The summed E-state index contributed by atoms with van der Waals surface area (Å²) >= 11 is 1.60. The van der Waals surface area contributed by atoms with Gasteiger partial charge in [0, 0.05) is 5.38 Å². The number of ether oxygens (including phenoxy) is 1. The van der Waals surface area contributed by atoms with Gasteiger partial charge in [-0.05, 0) is 25.3 Å². The maximum Gasteiger partial charge on any atom is 0.242 e. The highest BCUT2D eigenvalue weighted by Crippen LogP contribution is 2.28. The third-order valence-electron chi connectivity index (χ3n) is 1.98. The first-order valence-electron chi connectivity index (χ1n) is 5.23. The number of hydrogen-bond acceptors (Lipinski definition) is 6. The van der Waals surface area contributed by atoms with E-state index in [-0.39, 0.29) is 6.10 Å². The van der Waals surface area contributed by atoms with E-state index in [1.54, 1.807) is 11.3 Å². The van der Waals surface area contributed by atoms with Gasteiger partial charge in [-0.1, -0.05) is 0 Å². The predicted octanol–water partition coefficient (Wildman–Crippen LogP) is 2.65. The van der Waals surface area contributed by atoms with Gasteiger partial charge >= 0.3 is 0 Å². The van der Waals surface area contributed by atoms with Crippen molar-refractivity contribution in [2.24, 2.45) is 0 Å². The van der Waals surface area contributed by atoms with E-state index in [1.807, 2.05) is 30.7 Å². The van der Waals surface area contributed by atoms with Gasteiger partial charge in [0.15, 0.2) is 5.82 Å². The van der Waals surface area contributed by atoms with Crippen molar-refractivity contribution < 1.29 is 4.74 Å². The number of aromatic nitrogens is 2. The summed E-state index contributed by atoms with van der Waals surface area (Å²) in [6, 6.07) is 1.95. The lowest BCUT2D eigenvalue weighted by molar-refractivity contribution is 0.234. The van der Waals surface area contributed by atoms with Crippen LogP contribution in [0, 0.1) is 0 Å². The van der Waals surface area contributed by atoms with Gasteiger partial charge < -0.3 is 15.8 Å². The molecule has 17 heavy (non-hydrogen) atoms. The molecule has 3 N–H and O–H groups in total. The normalized spacial score (nSPS) is 10.5. The van der Waals surface area contributed by atoms with Gasteiger partial charge in [0.2, 0.25) is 5.88 Å². The van der Waals surface area contributed by atoms with E-state index in [0.717, 1.165) is 5.69 Å². The molecule has 6 heteroatoms. The van der Waals surface area contributed by atoms with E-state index < -0.39 is 0 Å². The largest absolute Gasteiger partial charge is 0.473 e. The number of anilines is 3. The lowest BCUT2D eigenvalue weighted by atomic mass is 10.4. The number of nitrogen functional groups attached to an aromatic ring is 1. The maximum absolute atomic E-state index is 5.94. The molecule has 0 bridgehead atoms. The summed E-state index contributed by atoms with van der Waals surface area (Å²) in [6.07, 6.45) is 1.46. The Balaban J connectivity index is 2.23. The molecule has 0 aliphatic carbocycles. The number of hydrogen-bond donors (Lipinski definition) is 2. The van der Waals surface area contributed by atoms with E-state index >= 15 is 0 Å². The fourth-order valence-electron chi connectivity index (χ4n) is 1.27. The number of nitrogens with two attached hydrogens (primary N) is 1. The van der Waals surface area contributed by atoms with E-state index in [4.69, 9.17) is 10.5 Å². The zero-order chi connectivity index (χ0) is 12.3. The number of thiophene rings is 1. The van der Waals surface area contributed by atoms with E-state index in [0.29, 0.717) is 17.4 Å². The molecule has 2 aromatic heterocycles.